The second kappa shape index (κ2) is 6.39. The lowest BCUT2D eigenvalue weighted by molar-refractivity contribution is 0.371. The fraction of sp³-hybridized carbons (Fsp3) is 0.312. The summed E-state index contributed by atoms with van der Waals surface area (Å²) in [4.78, 5) is 4.51. The summed E-state index contributed by atoms with van der Waals surface area (Å²) in [6.07, 6.45) is 0. The van der Waals surface area contributed by atoms with Gasteiger partial charge in [-0.25, -0.2) is 4.98 Å². The van der Waals surface area contributed by atoms with E-state index in [1.807, 2.05) is 38.2 Å². The molecule has 0 aliphatic carbocycles. The van der Waals surface area contributed by atoms with Crippen LogP contribution < -0.4 is 14.8 Å². The molecule has 1 heterocycles. The van der Waals surface area contributed by atoms with Gasteiger partial charge >= 0.3 is 0 Å². The number of pyridine rings is 1. The summed E-state index contributed by atoms with van der Waals surface area (Å²) in [6.45, 7) is 4.74. The molecule has 0 atom stereocenters. The summed E-state index contributed by atoms with van der Waals surface area (Å²) in [5, 5.41) is 3.15. The van der Waals surface area contributed by atoms with Gasteiger partial charge in [0.1, 0.15) is 0 Å². The lowest BCUT2D eigenvalue weighted by atomic mass is 10.1. The molecule has 4 nitrogen and oxygen atoms in total. The Morgan fingerprint density at radius 2 is 1.85 bits per heavy atom. The van der Waals surface area contributed by atoms with E-state index in [0.717, 1.165) is 16.8 Å². The summed E-state index contributed by atoms with van der Waals surface area (Å²) in [7, 11) is 3.54. The second-order valence-electron chi connectivity index (χ2n) is 4.65. The molecule has 0 radical (unpaired) electrons. The van der Waals surface area contributed by atoms with Crippen LogP contribution in [0.3, 0.4) is 0 Å². The Morgan fingerprint density at radius 1 is 1.15 bits per heavy atom. The van der Waals surface area contributed by atoms with Crippen LogP contribution in [0.25, 0.3) is 0 Å². The molecular weight excluding hydrogens is 252 g/mol. The molecule has 0 fully saturated rings. The Labute approximate surface area is 119 Å². The van der Waals surface area contributed by atoms with Gasteiger partial charge < -0.3 is 14.8 Å². The van der Waals surface area contributed by atoms with Crippen LogP contribution >= 0.6 is 0 Å². The van der Waals surface area contributed by atoms with Gasteiger partial charge in [-0.1, -0.05) is 12.1 Å². The molecule has 1 N–H and O–H groups in total. The molecule has 0 aliphatic heterocycles. The molecule has 106 valence electrons. The third-order valence-corrected chi connectivity index (χ3v) is 3.07. The third-order valence-electron chi connectivity index (χ3n) is 3.07. The van der Waals surface area contributed by atoms with Crippen LogP contribution in [0.4, 0.5) is 0 Å². The van der Waals surface area contributed by atoms with Crippen molar-refractivity contribution in [1.29, 1.82) is 0 Å². The third kappa shape index (κ3) is 3.08. The van der Waals surface area contributed by atoms with Gasteiger partial charge in [0.05, 0.1) is 7.11 Å². The summed E-state index contributed by atoms with van der Waals surface area (Å²) < 4.78 is 11.3. The van der Waals surface area contributed by atoms with Crippen LogP contribution in [0, 0.1) is 13.8 Å². The van der Waals surface area contributed by atoms with Gasteiger partial charge in [-0.3, -0.25) is 0 Å². The number of hydrogen-bond acceptors (Lipinski definition) is 4. The highest BCUT2D eigenvalue weighted by atomic mass is 16.5. The van der Waals surface area contributed by atoms with E-state index in [9.17, 15) is 0 Å². The number of nitrogens with zero attached hydrogens (tertiary/aromatic N) is 1. The van der Waals surface area contributed by atoms with Crippen molar-refractivity contribution in [3.63, 3.8) is 0 Å². The first-order chi connectivity index (χ1) is 9.65. The molecule has 0 spiro atoms. The van der Waals surface area contributed by atoms with Gasteiger partial charge in [-0.05, 0) is 44.7 Å². The Bertz CT molecular complexity index is 597. The number of benzene rings is 1. The van der Waals surface area contributed by atoms with E-state index in [1.165, 1.54) is 0 Å². The van der Waals surface area contributed by atoms with E-state index >= 15 is 0 Å². The largest absolute Gasteiger partial charge is 0.493 e. The summed E-state index contributed by atoms with van der Waals surface area (Å²) >= 11 is 0. The van der Waals surface area contributed by atoms with Crippen molar-refractivity contribution >= 4 is 0 Å². The average Bonchev–Trinajstić information content (AvgIpc) is 2.43. The summed E-state index contributed by atoms with van der Waals surface area (Å²) in [6, 6.07) is 9.63. The maximum atomic E-state index is 5.97. The lowest BCUT2D eigenvalue weighted by Gasteiger charge is -2.15. The molecule has 2 rings (SSSR count). The average molecular weight is 272 g/mol. The maximum Gasteiger partial charge on any atom is 0.224 e. The fourth-order valence-electron chi connectivity index (χ4n) is 2.11. The molecule has 0 saturated carbocycles. The summed E-state index contributed by atoms with van der Waals surface area (Å²) in [5.74, 6) is 2.00. The Kier molecular flexibility index (Phi) is 4.58. The van der Waals surface area contributed by atoms with Crippen molar-refractivity contribution in [1.82, 2.24) is 10.3 Å². The molecule has 0 amide bonds. The van der Waals surface area contributed by atoms with E-state index in [2.05, 4.69) is 23.3 Å². The first-order valence-corrected chi connectivity index (χ1v) is 6.58. The fourth-order valence-corrected chi connectivity index (χ4v) is 2.11. The van der Waals surface area contributed by atoms with Crippen LogP contribution in [-0.4, -0.2) is 19.1 Å². The van der Waals surface area contributed by atoms with Gasteiger partial charge in [0.2, 0.25) is 5.88 Å². The second-order valence-corrected chi connectivity index (χ2v) is 4.65. The minimum atomic E-state index is 0.626. The van der Waals surface area contributed by atoms with Gasteiger partial charge in [-0.15, -0.1) is 0 Å². The monoisotopic (exact) mass is 272 g/mol. The van der Waals surface area contributed by atoms with E-state index in [-0.39, 0.29) is 0 Å². The van der Waals surface area contributed by atoms with Crippen molar-refractivity contribution in [3.8, 4) is 17.4 Å². The number of hydrogen-bond donors (Lipinski definition) is 1. The minimum Gasteiger partial charge on any atom is -0.493 e. The lowest BCUT2D eigenvalue weighted by Crippen LogP contribution is -2.10. The molecule has 2 aromatic rings. The first kappa shape index (κ1) is 14.3. The van der Waals surface area contributed by atoms with Crippen molar-refractivity contribution in [2.75, 3.05) is 14.2 Å². The zero-order valence-corrected chi connectivity index (χ0v) is 12.4. The SMILES string of the molecule is CNCc1c(C)cc(C)nc1Oc1ccccc1OC. The van der Waals surface area contributed by atoms with E-state index < -0.39 is 0 Å². The minimum absolute atomic E-state index is 0.626. The van der Waals surface area contributed by atoms with Crippen LogP contribution in [0.15, 0.2) is 30.3 Å². The van der Waals surface area contributed by atoms with Crippen LogP contribution in [0.5, 0.6) is 17.4 Å². The van der Waals surface area contributed by atoms with E-state index in [4.69, 9.17) is 9.47 Å². The first-order valence-electron chi connectivity index (χ1n) is 6.58. The zero-order valence-electron chi connectivity index (χ0n) is 12.4. The predicted octanol–water partition coefficient (Wildman–Crippen LogP) is 3.22. The highest BCUT2D eigenvalue weighted by molar-refractivity contribution is 5.44. The van der Waals surface area contributed by atoms with Crippen LogP contribution in [-0.2, 0) is 6.54 Å². The molecule has 20 heavy (non-hydrogen) atoms. The highest BCUT2D eigenvalue weighted by Crippen LogP contribution is 2.32. The predicted molar refractivity (Wildman–Crippen MR) is 79.5 cm³/mol. The zero-order chi connectivity index (χ0) is 14.5. The van der Waals surface area contributed by atoms with Gasteiger partial charge in [0.25, 0.3) is 0 Å². The molecule has 0 bridgehead atoms. The van der Waals surface area contributed by atoms with Crippen LogP contribution in [0.1, 0.15) is 16.8 Å². The number of methoxy groups -OCH3 is 1. The molecule has 0 unspecified atom stereocenters. The normalized spacial score (nSPS) is 10.4. The quantitative estimate of drug-likeness (QED) is 0.907. The van der Waals surface area contributed by atoms with Crippen molar-refractivity contribution in [3.05, 3.63) is 47.2 Å². The van der Waals surface area contributed by atoms with Crippen molar-refractivity contribution < 1.29 is 9.47 Å². The van der Waals surface area contributed by atoms with Crippen molar-refractivity contribution in [2.45, 2.75) is 20.4 Å². The Balaban J connectivity index is 2.42. The van der Waals surface area contributed by atoms with Gasteiger partial charge in [0, 0.05) is 17.8 Å². The Hall–Kier alpha value is -2.07. The van der Waals surface area contributed by atoms with Gasteiger partial charge in [0.15, 0.2) is 11.5 Å². The number of aryl methyl sites for hydroxylation is 2. The standard InChI is InChI=1S/C16H20N2O2/c1-11-9-12(2)18-16(13(11)10-17-3)20-15-8-6-5-7-14(15)19-4/h5-9,17H,10H2,1-4H3. The molecule has 4 heteroatoms. The number of ether oxygens (including phenoxy) is 2. The van der Waals surface area contributed by atoms with Crippen molar-refractivity contribution in [2.24, 2.45) is 0 Å². The highest BCUT2D eigenvalue weighted by Gasteiger charge is 2.12. The molecule has 1 aromatic carbocycles. The number of nitrogens with one attached hydrogen (secondary N) is 1. The van der Waals surface area contributed by atoms with E-state index in [0.29, 0.717) is 23.9 Å². The molecule has 1 aromatic heterocycles. The summed E-state index contributed by atoms with van der Waals surface area (Å²) in [5.41, 5.74) is 3.16. The van der Waals surface area contributed by atoms with Gasteiger partial charge in [-0.2, -0.15) is 0 Å². The number of rotatable bonds is 5. The number of aromatic nitrogens is 1. The van der Waals surface area contributed by atoms with E-state index in [1.54, 1.807) is 7.11 Å². The Morgan fingerprint density at radius 3 is 2.50 bits per heavy atom. The topological polar surface area (TPSA) is 43.4 Å². The molecule has 0 aliphatic rings. The van der Waals surface area contributed by atoms with Crippen LogP contribution in [0.2, 0.25) is 0 Å². The molecular formula is C16H20N2O2. The molecule has 0 saturated heterocycles. The number of para-hydroxylation sites is 2. The maximum absolute atomic E-state index is 5.97. The smallest absolute Gasteiger partial charge is 0.224 e.